The Hall–Kier alpha value is -2.62. The van der Waals surface area contributed by atoms with Gasteiger partial charge in [0.15, 0.2) is 0 Å². The van der Waals surface area contributed by atoms with Crippen molar-refractivity contribution in [3.63, 3.8) is 0 Å². The number of anilines is 2. The first-order valence-electron chi connectivity index (χ1n) is 15.0. The van der Waals surface area contributed by atoms with E-state index in [2.05, 4.69) is 56.5 Å². The van der Waals surface area contributed by atoms with Gasteiger partial charge in [-0.2, -0.15) is 0 Å². The molecule has 0 spiro atoms. The molecule has 0 aromatic heterocycles. The topological polar surface area (TPSA) is 35.9 Å². The van der Waals surface area contributed by atoms with Gasteiger partial charge in [-0.1, -0.05) is 78.5 Å². The van der Waals surface area contributed by atoms with E-state index in [9.17, 15) is 5.11 Å². The summed E-state index contributed by atoms with van der Waals surface area (Å²) in [5.41, 5.74) is 6.76. The third-order valence-electron chi connectivity index (χ3n) is 8.23. The first-order valence-corrected chi connectivity index (χ1v) is 15.0. The van der Waals surface area contributed by atoms with Gasteiger partial charge in [0.2, 0.25) is 0 Å². The third-order valence-corrected chi connectivity index (χ3v) is 8.23. The molecule has 2 aromatic rings. The van der Waals surface area contributed by atoms with E-state index in [1.165, 1.54) is 48.9 Å². The first kappa shape index (κ1) is 29.9. The monoisotopic (exact) mass is 520 g/mol. The molecule has 0 saturated heterocycles. The van der Waals surface area contributed by atoms with Crippen molar-refractivity contribution in [1.29, 1.82) is 0 Å². The van der Waals surface area contributed by atoms with E-state index in [4.69, 9.17) is 4.74 Å². The molecule has 1 fully saturated rings. The van der Waals surface area contributed by atoms with Crippen molar-refractivity contribution in [2.24, 2.45) is 11.8 Å². The Kier molecular flexibility index (Phi) is 11.0. The van der Waals surface area contributed by atoms with Crippen LogP contribution in [0.4, 0.5) is 11.4 Å². The van der Waals surface area contributed by atoms with Crippen LogP contribution in [0.1, 0.15) is 90.7 Å². The number of nitrogens with zero attached hydrogens (tertiary/aromatic N) is 2. The molecular weight excluding hydrogens is 468 g/mol. The Bertz CT molecular complexity index is 1070. The standard InChI is InChI=1S/C23H28N2O2.C9H18.C2H6/c1-15(2)27-19-12-10-17-8-6-14-25(4)23(17)21(19)20-18(26)11-9-16-7-5-13-24(3)22(16)20;1-8(2)9-6-4-3-5-7-9;1-2/h9-12,26H,1,5-8,13-14H2,2-4H3;8-9H,3-7H2,1-2H3;1-2H3. The number of rotatable bonds is 4. The number of phenols is 1. The van der Waals surface area contributed by atoms with Crippen molar-refractivity contribution in [3.05, 3.63) is 47.7 Å². The molecule has 5 rings (SSSR count). The summed E-state index contributed by atoms with van der Waals surface area (Å²) < 4.78 is 6.04. The summed E-state index contributed by atoms with van der Waals surface area (Å²) in [5.74, 6) is 3.70. The highest BCUT2D eigenvalue weighted by molar-refractivity contribution is 5.96. The molecule has 38 heavy (non-hydrogen) atoms. The van der Waals surface area contributed by atoms with Crippen molar-refractivity contribution in [1.82, 2.24) is 0 Å². The van der Waals surface area contributed by atoms with E-state index in [1.807, 2.05) is 32.9 Å². The number of phenolic OH excluding ortho intramolecular Hbond substituents is 1. The van der Waals surface area contributed by atoms with Gasteiger partial charge in [0, 0.05) is 27.2 Å². The molecule has 2 aromatic carbocycles. The number of benzene rings is 2. The van der Waals surface area contributed by atoms with Gasteiger partial charge in [0.25, 0.3) is 0 Å². The van der Waals surface area contributed by atoms with Crippen LogP contribution in [-0.2, 0) is 12.8 Å². The van der Waals surface area contributed by atoms with Gasteiger partial charge in [-0.15, -0.1) is 0 Å². The van der Waals surface area contributed by atoms with E-state index in [0.29, 0.717) is 11.5 Å². The van der Waals surface area contributed by atoms with Gasteiger partial charge < -0.3 is 19.6 Å². The van der Waals surface area contributed by atoms with Crippen LogP contribution in [-0.4, -0.2) is 32.3 Å². The van der Waals surface area contributed by atoms with Crippen molar-refractivity contribution in [2.45, 2.75) is 92.4 Å². The third kappa shape index (κ3) is 6.87. The Morgan fingerprint density at radius 1 is 0.842 bits per heavy atom. The van der Waals surface area contributed by atoms with Gasteiger partial charge >= 0.3 is 0 Å². The molecule has 0 bridgehead atoms. The summed E-state index contributed by atoms with van der Waals surface area (Å²) >= 11 is 0. The summed E-state index contributed by atoms with van der Waals surface area (Å²) in [6.07, 6.45) is 11.8. The smallest absolute Gasteiger partial charge is 0.137 e. The Morgan fingerprint density at radius 2 is 1.37 bits per heavy atom. The lowest BCUT2D eigenvalue weighted by Crippen LogP contribution is -2.27. The predicted octanol–water partition coefficient (Wildman–Crippen LogP) is 8.99. The second-order valence-electron chi connectivity index (χ2n) is 11.4. The normalized spacial score (nSPS) is 16.9. The van der Waals surface area contributed by atoms with Gasteiger partial charge in [0.05, 0.1) is 28.3 Å². The van der Waals surface area contributed by atoms with Crippen molar-refractivity contribution in [2.75, 3.05) is 37.0 Å². The van der Waals surface area contributed by atoms with Crippen molar-refractivity contribution < 1.29 is 9.84 Å². The molecule has 0 radical (unpaired) electrons. The molecule has 4 heteroatoms. The Balaban J connectivity index is 0.000000307. The summed E-state index contributed by atoms with van der Waals surface area (Å²) in [5, 5.41) is 11.0. The molecule has 1 saturated carbocycles. The van der Waals surface area contributed by atoms with E-state index < -0.39 is 0 Å². The Morgan fingerprint density at radius 3 is 1.87 bits per heavy atom. The second-order valence-corrected chi connectivity index (χ2v) is 11.4. The van der Waals surface area contributed by atoms with Crippen LogP contribution in [0.15, 0.2) is 36.6 Å². The van der Waals surface area contributed by atoms with Crippen LogP contribution in [0.25, 0.3) is 11.1 Å². The lowest BCUT2D eigenvalue weighted by atomic mass is 9.82. The molecule has 3 aliphatic rings. The SMILES string of the molecule is C=C(C)Oc1ccc2c(c1-c1c(O)ccc3c1N(C)CCC3)N(C)CCC2.CC.CC(C)C1CCCCC1. The molecule has 1 N–H and O–H groups in total. The summed E-state index contributed by atoms with van der Waals surface area (Å²) in [4.78, 5) is 4.56. The van der Waals surface area contributed by atoms with Crippen LogP contribution in [0.2, 0.25) is 0 Å². The molecular formula is C34H52N2O2. The molecule has 4 nitrogen and oxygen atoms in total. The fourth-order valence-corrected chi connectivity index (χ4v) is 6.31. The van der Waals surface area contributed by atoms with Crippen LogP contribution >= 0.6 is 0 Å². The lowest BCUT2D eigenvalue weighted by Gasteiger charge is -2.35. The average molecular weight is 521 g/mol. The summed E-state index contributed by atoms with van der Waals surface area (Å²) in [7, 11) is 4.24. The molecule has 210 valence electrons. The summed E-state index contributed by atoms with van der Waals surface area (Å²) in [6, 6.07) is 8.08. The van der Waals surface area contributed by atoms with Crippen LogP contribution in [0, 0.1) is 11.8 Å². The van der Waals surface area contributed by atoms with Crippen molar-refractivity contribution in [3.8, 4) is 22.6 Å². The molecule has 0 unspecified atom stereocenters. The van der Waals surface area contributed by atoms with Crippen molar-refractivity contribution >= 4 is 11.4 Å². The van der Waals surface area contributed by atoms with Gasteiger partial charge in [-0.3, -0.25) is 0 Å². The van der Waals surface area contributed by atoms with Gasteiger partial charge in [0.1, 0.15) is 11.5 Å². The number of allylic oxidation sites excluding steroid dienone is 1. The van der Waals surface area contributed by atoms with E-state index >= 15 is 0 Å². The predicted molar refractivity (Wildman–Crippen MR) is 165 cm³/mol. The highest BCUT2D eigenvalue weighted by Gasteiger charge is 2.29. The first-order chi connectivity index (χ1) is 18.3. The zero-order valence-corrected chi connectivity index (χ0v) is 25.2. The van der Waals surface area contributed by atoms with Gasteiger partial charge in [-0.05, 0) is 67.7 Å². The minimum atomic E-state index is 0.307. The minimum Gasteiger partial charge on any atom is -0.507 e. The molecule has 2 aliphatic heterocycles. The number of hydrogen-bond donors (Lipinski definition) is 1. The number of hydrogen-bond acceptors (Lipinski definition) is 4. The second kappa shape index (κ2) is 14.0. The molecule has 0 atom stereocenters. The maximum atomic E-state index is 11.0. The number of aromatic hydroxyl groups is 1. The lowest BCUT2D eigenvalue weighted by molar-refractivity contribution is 0.279. The molecule has 2 heterocycles. The van der Waals surface area contributed by atoms with Crippen LogP contribution in [0.3, 0.4) is 0 Å². The largest absolute Gasteiger partial charge is 0.507 e. The van der Waals surface area contributed by atoms with Gasteiger partial charge in [-0.25, -0.2) is 0 Å². The van der Waals surface area contributed by atoms with Crippen LogP contribution < -0.4 is 14.5 Å². The fourth-order valence-electron chi connectivity index (χ4n) is 6.31. The highest BCUT2D eigenvalue weighted by atomic mass is 16.5. The number of aryl methyl sites for hydroxylation is 2. The van der Waals surface area contributed by atoms with E-state index in [1.54, 1.807) is 0 Å². The maximum Gasteiger partial charge on any atom is 0.137 e. The average Bonchev–Trinajstić information content (AvgIpc) is 2.91. The molecule has 1 aliphatic carbocycles. The molecule has 0 amide bonds. The maximum absolute atomic E-state index is 11.0. The minimum absolute atomic E-state index is 0.307. The zero-order chi connectivity index (χ0) is 27.8. The number of fused-ring (bicyclic) bond motifs is 2. The number of ether oxygens (including phenoxy) is 1. The fraction of sp³-hybridized carbons (Fsp3) is 0.588. The van der Waals surface area contributed by atoms with E-state index in [0.717, 1.165) is 73.2 Å². The quantitative estimate of drug-likeness (QED) is 0.408. The van der Waals surface area contributed by atoms with E-state index in [-0.39, 0.29) is 0 Å². The highest BCUT2D eigenvalue weighted by Crippen LogP contribution is 2.51. The zero-order valence-electron chi connectivity index (χ0n) is 25.2. The Labute approximate surface area is 232 Å². The summed E-state index contributed by atoms with van der Waals surface area (Å²) in [6.45, 7) is 16.5. The van der Waals surface area contributed by atoms with Crippen LogP contribution in [0.5, 0.6) is 11.5 Å².